The van der Waals surface area contributed by atoms with Crippen LogP contribution in [0, 0.1) is 6.07 Å². The average Bonchev–Trinajstić information content (AvgIpc) is 3.64. The van der Waals surface area contributed by atoms with Crippen molar-refractivity contribution in [2.24, 2.45) is 0 Å². The molecule has 0 saturated carbocycles. The summed E-state index contributed by atoms with van der Waals surface area (Å²) >= 11 is 13.1. The van der Waals surface area contributed by atoms with Crippen LogP contribution in [-0.4, -0.2) is 3.21 Å². The van der Waals surface area contributed by atoms with Crippen molar-refractivity contribution in [2.45, 2.75) is 58.8 Å². The normalized spacial score (nSPS) is 11.3. The topological polar surface area (TPSA) is 0 Å². The quantitative estimate of drug-likeness (QED) is 0.215. The molecule has 0 N–H and O–H groups in total. The van der Waals surface area contributed by atoms with Gasteiger partial charge >= 0.3 is 120 Å². The molecule has 0 nitrogen and oxygen atoms in total. The molecule has 0 unspecified atom stereocenters. The van der Waals surface area contributed by atoms with Gasteiger partial charge in [0.2, 0.25) is 0 Å². The molecule has 0 heterocycles. The third-order valence-corrected chi connectivity index (χ3v) is 9.21. The molecule has 0 spiro atoms. The predicted molar refractivity (Wildman–Crippen MR) is 179 cm³/mol. The van der Waals surface area contributed by atoms with Gasteiger partial charge in [-0.3, -0.25) is 0 Å². The summed E-state index contributed by atoms with van der Waals surface area (Å²) in [6, 6.07) is 41.0. The number of hydrogen-bond acceptors (Lipinski definition) is 0. The predicted octanol–water partition coefficient (Wildman–Crippen LogP) is 5.18. The first-order chi connectivity index (χ1) is 19.8. The minimum Gasteiger partial charge on any atom is -1.00 e. The van der Waals surface area contributed by atoms with Crippen molar-refractivity contribution in [1.29, 1.82) is 0 Å². The van der Waals surface area contributed by atoms with E-state index in [-0.39, 0.29) is 35.6 Å². The van der Waals surface area contributed by atoms with E-state index in [9.17, 15) is 0 Å². The van der Waals surface area contributed by atoms with Gasteiger partial charge in [0, 0.05) is 0 Å². The van der Waals surface area contributed by atoms with Crippen LogP contribution in [0.25, 0.3) is 11.1 Å². The molecule has 6 rings (SSSR count). The molecular weight excluding hydrogens is 701 g/mol. The van der Waals surface area contributed by atoms with Crippen LogP contribution in [0.2, 0.25) is 10.0 Å². The summed E-state index contributed by atoms with van der Waals surface area (Å²) in [6.45, 7) is 13.6. The third-order valence-electron chi connectivity index (χ3n) is 7.29. The van der Waals surface area contributed by atoms with Gasteiger partial charge in [-0.2, -0.15) is 42.0 Å². The van der Waals surface area contributed by atoms with E-state index in [0.717, 1.165) is 16.5 Å². The van der Waals surface area contributed by atoms with E-state index in [0.29, 0.717) is 0 Å². The summed E-state index contributed by atoms with van der Waals surface area (Å²) in [5.41, 5.74) is 11.1. The van der Waals surface area contributed by atoms with Crippen LogP contribution in [-0.2, 0) is 41.5 Å². The van der Waals surface area contributed by atoms with E-state index in [1.54, 1.807) is 0 Å². The Morgan fingerprint density at radius 1 is 0.682 bits per heavy atom. The van der Waals surface area contributed by atoms with Gasteiger partial charge in [0.05, 0.1) is 0 Å². The van der Waals surface area contributed by atoms with Gasteiger partial charge in [0.25, 0.3) is 0 Å². The molecule has 0 radical (unpaired) electrons. The summed E-state index contributed by atoms with van der Waals surface area (Å²) in [6.07, 6.45) is 1.03. The maximum absolute atomic E-state index is 5.86. The van der Waals surface area contributed by atoms with Gasteiger partial charge in [-0.15, -0.1) is 11.1 Å². The number of hydrogen-bond donors (Lipinski definition) is 0. The van der Waals surface area contributed by atoms with Crippen LogP contribution in [0.15, 0.2) is 109 Å². The van der Waals surface area contributed by atoms with Crippen molar-refractivity contribution < 1.29 is 49.0 Å². The summed E-state index contributed by atoms with van der Waals surface area (Å²) in [5.74, 6) is 0. The zero-order valence-electron chi connectivity index (χ0n) is 26.1. The summed E-state index contributed by atoms with van der Waals surface area (Å²) in [5, 5.41) is 1.53. The van der Waals surface area contributed by atoms with E-state index < -0.39 is 0 Å². The third kappa shape index (κ3) is 10.3. The minimum absolute atomic E-state index is 0. The smallest absolute Gasteiger partial charge is 0.172 e. The number of halogens is 4. The maximum Gasteiger partial charge on any atom is -0.172 e. The second-order valence-electron chi connectivity index (χ2n) is 12.7. The van der Waals surface area contributed by atoms with Crippen LogP contribution in [0.1, 0.15) is 74.9 Å². The molecule has 5 heteroatoms. The second kappa shape index (κ2) is 16.6. The first-order valence-corrected chi connectivity index (χ1v) is 16.3. The van der Waals surface area contributed by atoms with Crippen molar-refractivity contribution >= 4 is 26.4 Å². The van der Waals surface area contributed by atoms with E-state index >= 15 is 0 Å². The molecule has 0 amide bonds. The SMILES string of the molecule is CC(C)(C)c1[c-]c2c(cc1)-c1ccc(C(C)(C)C)cc1C2.Clc1ccc([C](=[Zr+2])c2ccc(Cl)cc2)cc1.[Cl-].[Cl-].c1cc[cH-]c1. The average molecular weight is 740 g/mol. The Kier molecular flexibility index (Phi) is 14.5. The summed E-state index contributed by atoms with van der Waals surface area (Å²) < 4.78 is 1.31. The van der Waals surface area contributed by atoms with Crippen molar-refractivity contribution in [3.05, 3.63) is 159 Å². The molecule has 1 aliphatic rings. The zero-order valence-corrected chi connectivity index (χ0v) is 31.6. The molecule has 1 aliphatic carbocycles. The van der Waals surface area contributed by atoms with Crippen LogP contribution in [0.3, 0.4) is 0 Å². The molecule has 228 valence electrons. The molecule has 44 heavy (non-hydrogen) atoms. The molecule has 5 aromatic carbocycles. The fourth-order valence-electron chi connectivity index (χ4n) is 4.75. The Morgan fingerprint density at radius 2 is 1.18 bits per heavy atom. The molecule has 5 aromatic rings. The van der Waals surface area contributed by atoms with Crippen LogP contribution >= 0.6 is 23.2 Å². The first kappa shape index (κ1) is 38.3. The molecule has 0 bridgehead atoms. The standard InChI is InChI=1S/C21H25.C13H8Cl2.C5H5.2ClH.Zr/c1-20(2,3)16-7-9-18-14(12-16)11-15-13-17(21(4,5)6)8-10-19(15)18;14-12-5-1-10(2-6-12)9-11-3-7-13(15)8-4-11;1-2-4-5-3-1;;;/h7-10,12H,11H2,1-6H3;1-8H;1-5H;2*1H;/q-1;;-1;;;+2/p-2. The van der Waals surface area contributed by atoms with Crippen molar-refractivity contribution in [3.8, 4) is 11.1 Å². The Morgan fingerprint density at radius 3 is 1.61 bits per heavy atom. The second-order valence-corrected chi connectivity index (χ2v) is 14.8. The summed E-state index contributed by atoms with van der Waals surface area (Å²) in [7, 11) is 0. The molecular formula is C39H38Cl4Zr-2. The molecule has 0 aliphatic heterocycles. The Bertz CT molecular complexity index is 1490. The van der Waals surface area contributed by atoms with E-state index in [4.69, 9.17) is 23.2 Å². The first-order valence-electron chi connectivity index (χ1n) is 14.3. The molecule has 0 fully saturated rings. The number of fused-ring (bicyclic) bond motifs is 3. The molecule has 0 atom stereocenters. The zero-order chi connectivity index (χ0) is 30.5. The van der Waals surface area contributed by atoms with Gasteiger partial charge in [-0.05, 0) is 28.4 Å². The maximum atomic E-state index is 5.86. The van der Waals surface area contributed by atoms with Crippen molar-refractivity contribution in [3.63, 3.8) is 0 Å². The van der Waals surface area contributed by atoms with Gasteiger partial charge < -0.3 is 24.8 Å². The van der Waals surface area contributed by atoms with Crippen LogP contribution < -0.4 is 24.8 Å². The monoisotopic (exact) mass is 736 g/mol. The number of rotatable bonds is 2. The number of benzene rings is 4. The largest absolute Gasteiger partial charge is 1.00 e. The van der Waals surface area contributed by atoms with Gasteiger partial charge in [-0.1, -0.05) is 65.3 Å². The fourth-order valence-corrected chi connectivity index (χ4v) is 5.82. The van der Waals surface area contributed by atoms with Crippen molar-refractivity contribution in [2.75, 3.05) is 0 Å². The van der Waals surface area contributed by atoms with Gasteiger partial charge in [0.1, 0.15) is 0 Å². The van der Waals surface area contributed by atoms with E-state index in [1.807, 2.05) is 78.9 Å². The van der Waals surface area contributed by atoms with Crippen LogP contribution in [0.5, 0.6) is 0 Å². The molecule has 0 aromatic heterocycles. The van der Waals surface area contributed by atoms with Crippen molar-refractivity contribution in [1.82, 2.24) is 0 Å². The Hall–Kier alpha value is -1.86. The van der Waals surface area contributed by atoms with Gasteiger partial charge in [-0.25, -0.2) is 12.1 Å². The fraction of sp³-hybridized carbons (Fsp3) is 0.231. The van der Waals surface area contributed by atoms with E-state index in [1.165, 1.54) is 71.9 Å². The van der Waals surface area contributed by atoms with Gasteiger partial charge in [0.15, 0.2) is 0 Å². The molecule has 0 saturated heterocycles. The Labute approximate surface area is 301 Å². The minimum atomic E-state index is 0. The Balaban J connectivity index is 0.000000260. The van der Waals surface area contributed by atoms with Crippen LogP contribution in [0.4, 0.5) is 0 Å². The summed E-state index contributed by atoms with van der Waals surface area (Å²) in [4.78, 5) is 0. The van der Waals surface area contributed by atoms with E-state index in [2.05, 4.69) is 77.9 Å².